The topological polar surface area (TPSA) is 18.5 Å². The van der Waals surface area contributed by atoms with Crippen LogP contribution < -0.4 is 9.47 Å². The third-order valence-electron chi connectivity index (χ3n) is 4.04. The van der Waals surface area contributed by atoms with Crippen LogP contribution in [0.1, 0.15) is 25.7 Å². The molecule has 0 saturated carbocycles. The minimum absolute atomic E-state index is 0.776. The van der Waals surface area contributed by atoms with Gasteiger partial charge in [0.15, 0.2) is 0 Å². The number of ether oxygens (including phenoxy) is 2. The highest BCUT2D eigenvalue weighted by molar-refractivity contribution is 5.83. The first-order valence-electron chi connectivity index (χ1n) is 8.71. The van der Waals surface area contributed by atoms with E-state index >= 15 is 0 Å². The highest BCUT2D eigenvalue weighted by atomic mass is 16.5. The second-order valence-corrected chi connectivity index (χ2v) is 5.93. The Hall–Kier alpha value is -2.48. The summed E-state index contributed by atoms with van der Waals surface area (Å²) in [5, 5.41) is 2.48. The highest BCUT2D eigenvalue weighted by Gasteiger charge is 1.98. The Labute approximate surface area is 144 Å². The lowest BCUT2D eigenvalue weighted by Crippen LogP contribution is -1.99. The minimum Gasteiger partial charge on any atom is -0.494 e. The van der Waals surface area contributed by atoms with Crippen molar-refractivity contribution in [3.05, 3.63) is 72.8 Å². The number of unbranched alkanes of at least 4 members (excludes halogenated alkanes) is 3. The third-order valence-corrected chi connectivity index (χ3v) is 4.04. The lowest BCUT2D eigenvalue weighted by Gasteiger charge is -2.08. The van der Waals surface area contributed by atoms with Gasteiger partial charge in [0.05, 0.1) is 13.2 Å². The van der Waals surface area contributed by atoms with Crippen LogP contribution in [0.5, 0.6) is 11.5 Å². The monoisotopic (exact) mass is 320 g/mol. The van der Waals surface area contributed by atoms with E-state index in [0.29, 0.717) is 0 Å². The molecule has 0 spiro atoms. The molecule has 3 aromatic rings. The summed E-state index contributed by atoms with van der Waals surface area (Å²) in [6, 6.07) is 24.6. The summed E-state index contributed by atoms with van der Waals surface area (Å²) in [7, 11) is 0. The van der Waals surface area contributed by atoms with E-state index in [1.165, 1.54) is 23.6 Å². The predicted octanol–water partition coefficient (Wildman–Crippen LogP) is 5.86. The van der Waals surface area contributed by atoms with Gasteiger partial charge in [0.2, 0.25) is 0 Å². The average Bonchev–Trinajstić information content (AvgIpc) is 2.64. The summed E-state index contributed by atoms with van der Waals surface area (Å²) >= 11 is 0. The van der Waals surface area contributed by atoms with Crippen LogP contribution in [0.4, 0.5) is 0 Å². The Balaban J connectivity index is 1.28. The molecular weight excluding hydrogens is 296 g/mol. The van der Waals surface area contributed by atoms with Gasteiger partial charge in [-0.25, -0.2) is 0 Å². The van der Waals surface area contributed by atoms with Gasteiger partial charge in [0.25, 0.3) is 0 Å². The number of hydrogen-bond acceptors (Lipinski definition) is 2. The van der Waals surface area contributed by atoms with E-state index in [1.54, 1.807) is 0 Å². The van der Waals surface area contributed by atoms with Gasteiger partial charge in [-0.2, -0.15) is 0 Å². The van der Waals surface area contributed by atoms with Crippen molar-refractivity contribution in [2.45, 2.75) is 25.7 Å². The highest BCUT2D eigenvalue weighted by Crippen LogP contribution is 2.20. The predicted molar refractivity (Wildman–Crippen MR) is 99.8 cm³/mol. The Morgan fingerprint density at radius 1 is 0.500 bits per heavy atom. The Bertz CT molecular complexity index is 737. The number of para-hydroxylation sites is 1. The number of hydrogen-bond donors (Lipinski definition) is 0. The fourth-order valence-electron chi connectivity index (χ4n) is 2.71. The molecule has 2 nitrogen and oxygen atoms in total. The van der Waals surface area contributed by atoms with Crippen LogP contribution in [0, 0.1) is 0 Å². The number of benzene rings is 3. The molecule has 0 atom stereocenters. The lowest BCUT2D eigenvalue weighted by atomic mass is 10.1. The van der Waals surface area contributed by atoms with Crippen LogP contribution >= 0.6 is 0 Å². The van der Waals surface area contributed by atoms with Crippen LogP contribution in [0.3, 0.4) is 0 Å². The van der Waals surface area contributed by atoms with Gasteiger partial charge in [-0.05, 0) is 60.7 Å². The number of rotatable bonds is 9. The van der Waals surface area contributed by atoms with E-state index < -0.39 is 0 Å². The molecule has 0 amide bonds. The van der Waals surface area contributed by atoms with Gasteiger partial charge >= 0.3 is 0 Å². The lowest BCUT2D eigenvalue weighted by molar-refractivity contribution is 0.288. The van der Waals surface area contributed by atoms with E-state index in [-0.39, 0.29) is 0 Å². The van der Waals surface area contributed by atoms with E-state index in [0.717, 1.165) is 37.6 Å². The minimum atomic E-state index is 0.776. The molecule has 0 radical (unpaired) electrons. The SMILES string of the molecule is c1ccc(OCCCCCCOc2ccc3ccccc3c2)cc1. The summed E-state index contributed by atoms with van der Waals surface area (Å²) < 4.78 is 11.6. The normalized spacial score (nSPS) is 10.7. The van der Waals surface area contributed by atoms with Crippen molar-refractivity contribution >= 4 is 10.8 Å². The van der Waals surface area contributed by atoms with Crippen molar-refractivity contribution in [2.24, 2.45) is 0 Å². The molecule has 0 N–H and O–H groups in total. The molecule has 0 unspecified atom stereocenters. The molecule has 0 aliphatic carbocycles. The van der Waals surface area contributed by atoms with E-state index in [9.17, 15) is 0 Å². The molecular formula is C22H24O2. The van der Waals surface area contributed by atoms with Crippen LogP contribution in [0.15, 0.2) is 72.8 Å². The zero-order valence-electron chi connectivity index (χ0n) is 14.0. The van der Waals surface area contributed by atoms with E-state index in [4.69, 9.17) is 9.47 Å². The molecule has 24 heavy (non-hydrogen) atoms. The van der Waals surface area contributed by atoms with Gasteiger partial charge in [0.1, 0.15) is 11.5 Å². The summed E-state index contributed by atoms with van der Waals surface area (Å²) in [6.07, 6.45) is 4.52. The molecule has 2 heteroatoms. The molecule has 3 rings (SSSR count). The second kappa shape index (κ2) is 8.97. The molecule has 124 valence electrons. The molecule has 0 aliphatic heterocycles. The zero-order valence-corrected chi connectivity index (χ0v) is 14.0. The standard InChI is InChI=1S/C22H24O2/c1(8-16-23-21-12-4-3-5-13-21)2-9-17-24-22-15-14-19-10-6-7-11-20(19)18-22/h3-7,10-15,18H,1-2,8-9,16-17H2. The fourth-order valence-corrected chi connectivity index (χ4v) is 2.71. The Morgan fingerprint density at radius 3 is 1.88 bits per heavy atom. The van der Waals surface area contributed by atoms with Crippen molar-refractivity contribution in [3.63, 3.8) is 0 Å². The van der Waals surface area contributed by atoms with Gasteiger partial charge in [-0.1, -0.05) is 48.5 Å². The molecule has 0 saturated heterocycles. The molecule has 0 bridgehead atoms. The Kier molecular flexibility index (Phi) is 6.12. The zero-order chi connectivity index (χ0) is 16.5. The van der Waals surface area contributed by atoms with Crippen LogP contribution in [-0.4, -0.2) is 13.2 Å². The summed E-state index contributed by atoms with van der Waals surface area (Å²) in [5.41, 5.74) is 0. The second-order valence-electron chi connectivity index (χ2n) is 5.93. The maximum atomic E-state index is 5.86. The van der Waals surface area contributed by atoms with E-state index in [1.807, 2.05) is 30.3 Å². The largest absolute Gasteiger partial charge is 0.494 e. The third kappa shape index (κ3) is 5.02. The van der Waals surface area contributed by atoms with Crippen LogP contribution in [0.25, 0.3) is 10.8 Å². The fraction of sp³-hybridized carbons (Fsp3) is 0.273. The quantitative estimate of drug-likeness (QED) is 0.460. The molecule has 3 aromatic carbocycles. The van der Waals surface area contributed by atoms with Crippen LogP contribution in [-0.2, 0) is 0 Å². The smallest absolute Gasteiger partial charge is 0.119 e. The summed E-state index contributed by atoms with van der Waals surface area (Å²) in [5.74, 6) is 1.92. The van der Waals surface area contributed by atoms with Gasteiger partial charge in [-0.15, -0.1) is 0 Å². The maximum Gasteiger partial charge on any atom is 0.119 e. The molecule has 0 fully saturated rings. The number of fused-ring (bicyclic) bond motifs is 1. The summed E-state index contributed by atoms with van der Waals surface area (Å²) in [6.45, 7) is 1.56. The average molecular weight is 320 g/mol. The molecule has 0 aromatic heterocycles. The first-order chi connectivity index (χ1) is 11.9. The molecule has 0 heterocycles. The van der Waals surface area contributed by atoms with Gasteiger partial charge in [-0.3, -0.25) is 0 Å². The first-order valence-corrected chi connectivity index (χ1v) is 8.71. The van der Waals surface area contributed by atoms with Crippen molar-refractivity contribution in [3.8, 4) is 11.5 Å². The van der Waals surface area contributed by atoms with Gasteiger partial charge < -0.3 is 9.47 Å². The van der Waals surface area contributed by atoms with Crippen molar-refractivity contribution in [1.29, 1.82) is 0 Å². The Morgan fingerprint density at radius 2 is 1.12 bits per heavy atom. The maximum absolute atomic E-state index is 5.86. The van der Waals surface area contributed by atoms with Crippen molar-refractivity contribution < 1.29 is 9.47 Å². The van der Waals surface area contributed by atoms with E-state index in [2.05, 4.69) is 42.5 Å². The van der Waals surface area contributed by atoms with Gasteiger partial charge in [0, 0.05) is 0 Å². The van der Waals surface area contributed by atoms with Crippen molar-refractivity contribution in [2.75, 3.05) is 13.2 Å². The first kappa shape index (κ1) is 16.4. The van der Waals surface area contributed by atoms with Crippen molar-refractivity contribution in [1.82, 2.24) is 0 Å². The molecule has 0 aliphatic rings. The van der Waals surface area contributed by atoms with Crippen LogP contribution in [0.2, 0.25) is 0 Å². The summed E-state index contributed by atoms with van der Waals surface area (Å²) in [4.78, 5) is 0.